The molecule has 29 heavy (non-hydrogen) atoms. The SMILES string of the molecule is COc1nc(Nc2ccnc3nc(-c4ncsc4Cl)cnc23)ccc1C(F)(F)F. The second kappa shape index (κ2) is 7.41. The summed E-state index contributed by atoms with van der Waals surface area (Å²) in [4.78, 5) is 21.0. The minimum Gasteiger partial charge on any atom is -0.481 e. The number of hydrogen-bond acceptors (Lipinski definition) is 8. The highest BCUT2D eigenvalue weighted by Gasteiger charge is 2.35. The van der Waals surface area contributed by atoms with Crippen LogP contribution in [-0.4, -0.2) is 32.0 Å². The number of pyridine rings is 2. The van der Waals surface area contributed by atoms with Gasteiger partial charge in [0.05, 0.1) is 24.5 Å². The molecule has 0 atom stereocenters. The third-order valence-electron chi connectivity index (χ3n) is 3.84. The van der Waals surface area contributed by atoms with Crippen LogP contribution < -0.4 is 10.1 Å². The van der Waals surface area contributed by atoms with E-state index in [0.717, 1.165) is 13.2 Å². The van der Waals surface area contributed by atoms with Crippen LogP contribution in [0, 0.1) is 0 Å². The largest absolute Gasteiger partial charge is 0.481 e. The first-order chi connectivity index (χ1) is 13.9. The van der Waals surface area contributed by atoms with Crippen molar-refractivity contribution >= 4 is 45.6 Å². The Hall–Kier alpha value is -3.05. The molecule has 0 saturated carbocycles. The maximum absolute atomic E-state index is 13.0. The van der Waals surface area contributed by atoms with Crippen LogP contribution in [0.5, 0.6) is 5.88 Å². The Morgan fingerprint density at radius 1 is 1.10 bits per heavy atom. The van der Waals surface area contributed by atoms with Gasteiger partial charge in [0.2, 0.25) is 5.88 Å². The van der Waals surface area contributed by atoms with Crippen molar-refractivity contribution in [3.8, 4) is 17.3 Å². The van der Waals surface area contributed by atoms with Crippen molar-refractivity contribution in [1.82, 2.24) is 24.9 Å². The fraction of sp³-hybridized carbons (Fsp3) is 0.118. The quantitative estimate of drug-likeness (QED) is 0.481. The molecule has 0 spiro atoms. The number of anilines is 2. The minimum atomic E-state index is -4.57. The van der Waals surface area contributed by atoms with Crippen molar-refractivity contribution in [2.24, 2.45) is 0 Å². The number of fused-ring (bicyclic) bond motifs is 1. The van der Waals surface area contributed by atoms with E-state index in [0.29, 0.717) is 32.6 Å². The third-order valence-corrected chi connectivity index (χ3v) is 4.89. The van der Waals surface area contributed by atoms with Crippen LogP contribution in [-0.2, 0) is 6.18 Å². The van der Waals surface area contributed by atoms with Gasteiger partial charge in [-0.25, -0.2) is 19.9 Å². The number of nitrogens with zero attached hydrogens (tertiary/aromatic N) is 5. The Morgan fingerprint density at radius 2 is 1.93 bits per heavy atom. The molecule has 4 aromatic heterocycles. The number of methoxy groups -OCH3 is 1. The zero-order valence-electron chi connectivity index (χ0n) is 14.5. The van der Waals surface area contributed by atoms with E-state index in [2.05, 4.69) is 30.2 Å². The first-order valence-corrected chi connectivity index (χ1v) is 9.23. The topological polar surface area (TPSA) is 85.7 Å². The molecule has 0 aliphatic carbocycles. The van der Waals surface area contributed by atoms with Crippen LogP contribution in [0.4, 0.5) is 24.7 Å². The van der Waals surface area contributed by atoms with Gasteiger partial charge in [-0.3, -0.25) is 0 Å². The maximum Gasteiger partial charge on any atom is 0.421 e. The molecule has 0 amide bonds. The number of hydrogen-bond donors (Lipinski definition) is 1. The van der Waals surface area contributed by atoms with Crippen LogP contribution in [0.15, 0.2) is 36.1 Å². The van der Waals surface area contributed by atoms with Gasteiger partial charge in [0.1, 0.15) is 32.6 Å². The van der Waals surface area contributed by atoms with Crippen LogP contribution >= 0.6 is 22.9 Å². The molecule has 0 aliphatic rings. The van der Waals surface area contributed by atoms with Crippen molar-refractivity contribution in [3.05, 3.63) is 46.0 Å². The summed E-state index contributed by atoms with van der Waals surface area (Å²) in [5, 5.41) is 2.93. The van der Waals surface area contributed by atoms with Gasteiger partial charge in [0.15, 0.2) is 5.65 Å². The smallest absolute Gasteiger partial charge is 0.421 e. The molecule has 0 radical (unpaired) electrons. The molecule has 0 saturated heterocycles. The maximum atomic E-state index is 13.0. The lowest BCUT2D eigenvalue weighted by Crippen LogP contribution is -2.09. The summed E-state index contributed by atoms with van der Waals surface area (Å²) in [6.07, 6.45) is -1.58. The van der Waals surface area contributed by atoms with Crippen LogP contribution in [0.25, 0.3) is 22.6 Å². The van der Waals surface area contributed by atoms with Crippen molar-refractivity contribution in [2.75, 3.05) is 12.4 Å². The van der Waals surface area contributed by atoms with Gasteiger partial charge in [0, 0.05) is 6.20 Å². The van der Waals surface area contributed by atoms with Crippen LogP contribution in [0.2, 0.25) is 4.34 Å². The lowest BCUT2D eigenvalue weighted by atomic mass is 10.2. The second-order valence-corrected chi connectivity index (χ2v) is 7.09. The van der Waals surface area contributed by atoms with Gasteiger partial charge >= 0.3 is 6.18 Å². The number of aromatic nitrogens is 5. The zero-order valence-corrected chi connectivity index (χ0v) is 16.1. The summed E-state index contributed by atoms with van der Waals surface area (Å²) >= 11 is 7.36. The number of ether oxygens (including phenoxy) is 1. The Bertz CT molecular complexity index is 1200. The van der Waals surface area contributed by atoms with E-state index < -0.39 is 17.6 Å². The van der Waals surface area contributed by atoms with Crippen molar-refractivity contribution in [2.45, 2.75) is 6.18 Å². The van der Waals surface area contributed by atoms with E-state index in [1.807, 2.05) is 0 Å². The molecule has 4 heterocycles. The molecule has 148 valence electrons. The van der Waals surface area contributed by atoms with Gasteiger partial charge in [-0.2, -0.15) is 18.2 Å². The highest BCUT2D eigenvalue weighted by atomic mass is 35.5. The van der Waals surface area contributed by atoms with E-state index >= 15 is 0 Å². The molecule has 0 fully saturated rings. The Morgan fingerprint density at radius 3 is 2.62 bits per heavy atom. The van der Waals surface area contributed by atoms with Crippen molar-refractivity contribution in [1.29, 1.82) is 0 Å². The van der Waals surface area contributed by atoms with E-state index in [1.165, 1.54) is 29.8 Å². The van der Waals surface area contributed by atoms with Gasteiger partial charge in [-0.05, 0) is 18.2 Å². The van der Waals surface area contributed by atoms with Crippen molar-refractivity contribution in [3.63, 3.8) is 0 Å². The molecular formula is C17H10ClF3N6OS. The molecular weight excluding hydrogens is 429 g/mol. The second-order valence-electron chi connectivity index (χ2n) is 5.64. The molecule has 4 rings (SSSR count). The van der Waals surface area contributed by atoms with Crippen LogP contribution in [0.3, 0.4) is 0 Å². The summed E-state index contributed by atoms with van der Waals surface area (Å²) in [6.45, 7) is 0. The Labute approximate surface area is 170 Å². The first kappa shape index (κ1) is 19.3. The lowest BCUT2D eigenvalue weighted by Gasteiger charge is -2.13. The normalized spacial score (nSPS) is 11.6. The lowest BCUT2D eigenvalue weighted by molar-refractivity contribution is -0.139. The molecule has 4 aromatic rings. The van der Waals surface area contributed by atoms with E-state index in [9.17, 15) is 13.2 Å². The fourth-order valence-electron chi connectivity index (χ4n) is 2.55. The molecule has 0 unspecified atom stereocenters. The average Bonchev–Trinajstić information content (AvgIpc) is 3.12. The van der Waals surface area contributed by atoms with E-state index in [1.54, 1.807) is 11.6 Å². The molecule has 7 nitrogen and oxygen atoms in total. The number of nitrogens with one attached hydrogen (secondary N) is 1. The molecule has 0 aromatic carbocycles. The number of rotatable bonds is 4. The zero-order chi connectivity index (χ0) is 20.6. The molecule has 0 bridgehead atoms. The molecule has 0 aliphatic heterocycles. The van der Waals surface area contributed by atoms with Gasteiger partial charge in [0.25, 0.3) is 0 Å². The monoisotopic (exact) mass is 438 g/mol. The summed E-state index contributed by atoms with van der Waals surface area (Å²) in [5.74, 6) is -0.386. The Kier molecular flexibility index (Phi) is 4.92. The van der Waals surface area contributed by atoms with Crippen LogP contribution in [0.1, 0.15) is 5.56 Å². The number of alkyl halides is 3. The summed E-state index contributed by atoms with van der Waals surface area (Å²) in [7, 11) is 1.12. The molecule has 1 N–H and O–H groups in total. The van der Waals surface area contributed by atoms with Crippen molar-refractivity contribution < 1.29 is 17.9 Å². The summed E-state index contributed by atoms with van der Waals surface area (Å²) in [6, 6.07) is 3.71. The van der Waals surface area contributed by atoms with Gasteiger partial charge < -0.3 is 10.1 Å². The minimum absolute atomic E-state index is 0.149. The molecule has 12 heteroatoms. The third kappa shape index (κ3) is 3.78. The average molecular weight is 439 g/mol. The summed E-state index contributed by atoms with van der Waals surface area (Å²) in [5.41, 5.74) is 2.78. The van der Waals surface area contributed by atoms with Gasteiger partial charge in [-0.1, -0.05) is 11.6 Å². The van der Waals surface area contributed by atoms with Gasteiger partial charge in [-0.15, -0.1) is 11.3 Å². The standard InChI is InChI=1S/C17H10ClF3N6OS/c1-28-16-8(17(19,20)21)2-3-11(27-16)25-9-4-5-22-15-13(9)23-6-10(26-15)12-14(18)29-7-24-12/h2-7H,1H3,(H,22,25,26,27). The predicted molar refractivity (Wildman–Crippen MR) is 103 cm³/mol. The van der Waals surface area contributed by atoms with E-state index in [-0.39, 0.29) is 5.82 Å². The van der Waals surface area contributed by atoms with E-state index in [4.69, 9.17) is 16.3 Å². The Balaban J connectivity index is 1.71. The number of halogens is 4. The highest BCUT2D eigenvalue weighted by molar-refractivity contribution is 7.14. The fourth-order valence-corrected chi connectivity index (χ4v) is 3.34. The number of thiazole rings is 1. The highest BCUT2D eigenvalue weighted by Crippen LogP contribution is 2.36. The summed E-state index contributed by atoms with van der Waals surface area (Å²) < 4.78 is 44.3. The predicted octanol–water partition coefficient (Wildman–Crippen LogP) is 4.97. The first-order valence-electron chi connectivity index (χ1n) is 7.97.